The molecular weight excluding hydrogens is 526 g/mol. The zero-order valence-electron chi connectivity index (χ0n) is 24.9. The summed E-state index contributed by atoms with van der Waals surface area (Å²) in [7, 11) is 0. The van der Waals surface area contributed by atoms with E-state index in [1.807, 2.05) is 56.3 Å². The molecule has 41 heavy (non-hydrogen) atoms. The van der Waals surface area contributed by atoms with Crippen LogP contribution in [-0.2, 0) is 30.3 Å². The van der Waals surface area contributed by atoms with Crippen molar-refractivity contribution in [1.29, 1.82) is 0 Å². The summed E-state index contributed by atoms with van der Waals surface area (Å²) >= 11 is 0. The van der Waals surface area contributed by atoms with Gasteiger partial charge in [0.15, 0.2) is 0 Å². The van der Waals surface area contributed by atoms with Gasteiger partial charge in [0.05, 0.1) is 19.6 Å². The molecule has 2 aromatic rings. The van der Waals surface area contributed by atoms with Gasteiger partial charge in [-0.1, -0.05) is 48.5 Å². The average molecular weight is 570 g/mol. The zero-order chi connectivity index (χ0) is 30.6. The summed E-state index contributed by atoms with van der Waals surface area (Å²) in [5, 5.41) is 15.4. The van der Waals surface area contributed by atoms with Crippen LogP contribution in [0.3, 0.4) is 0 Å². The van der Waals surface area contributed by atoms with Crippen LogP contribution in [0.5, 0.6) is 0 Å². The van der Waals surface area contributed by atoms with E-state index in [0.29, 0.717) is 5.56 Å². The van der Waals surface area contributed by atoms with Crippen LogP contribution in [0.2, 0.25) is 0 Å². The van der Waals surface area contributed by atoms with Gasteiger partial charge in [-0.3, -0.25) is 14.4 Å². The van der Waals surface area contributed by atoms with E-state index >= 15 is 0 Å². The molecule has 0 aliphatic rings. The number of ether oxygens (including phenoxy) is 2. The van der Waals surface area contributed by atoms with Crippen LogP contribution in [0.25, 0.3) is 0 Å². The van der Waals surface area contributed by atoms with Crippen molar-refractivity contribution in [1.82, 2.24) is 15.5 Å². The van der Waals surface area contributed by atoms with Gasteiger partial charge in [-0.15, -0.1) is 0 Å². The van der Waals surface area contributed by atoms with E-state index in [4.69, 9.17) is 9.47 Å². The van der Waals surface area contributed by atoms with Gasteiger partial charge < -0.3 is 30.1 Å². The molecule has 3 amide bonds. The highest BCUT2D eigenvalue weighted by molar-refractivity contribution is 5.92. The van der Waals surface area contributed by atoms with Gasteiger partial charge in [0.2, 0.25) is 11.8 Å². The standard InChI is InChI=1S/C31H43N3O7/c1-7-40-26(36)15-16-32-28(37)27(24-14-13-21(2)22(3)19-24)34(17-18-35)29(38)25(20-23-11-9-8-10-12-23)33-30(39)41-31(4,5)6/h8-14,19,25,27,35H,7,15-18,20H2,1-6H3,(H,32,37)(H,33,39). The molecule has 0 fully saturated rings. The van der Waals surface area contributed by atoms with E-state index in [1.54, 1.807) is 33.8 Å². The monoisotopic (exact) mass is 569 g/mol. The number of rotatable bonds is 13. The molecule has 0 aliphatic carbocycles. The number of aryl methyl sites for hydroxylation is 2. The second-order valence-electron chi connectivity index (χ2n) is 10.7. The molecule has 3 N–H and O–H groups in total. The number of hydrogen-bond donors (Lipinski definition) is 3. The van der Waals surface area contributed by atoms with Crippen molar-refractivity contribution in [2.24, 2.45) is 0 Å². The zero-order valence-corrected chi connectivity index (χ0v) is 24.9. The molecule has 0 spiro atoms. The molecule has 0 bridgehead atoms. The summed E-state index contributed by atoms with van der Waals surface area (Å²) in [6.07, 6.45) is -0.688. The van der Waals surface area contributed by atoms with Gasteiger partial charge in [0.25, 0.3) is 0 Å². The van der Waals surface area contributed by atoms with Crippen LogP contribution in [0, 0.1) is 13.8 Å². The number of benzene rings is 2. The minimum atomic E-state index is -1.14. The lowest BCUT2D eigenvalue weighted by molar-refractivity contribution is -0.144. The Bertz CT molecular complexity index is 1180. The number of aliphatic hydroxyl groups is 1. The highest BCUT2D eigenvalue weighted by atomic mass is 16.6. The van der Waals surface area contributed by atoms with E-state index in [2.05, 4.69) is 10.6 Å². The fourth-order valence-corrected chi connectivity index (χ4v) is 4.20. The van der Waals surface area contributed by atoms with Crippen molar-refractivity contribution in [3.05, 3.63) is 70.8 Å². The van der Waals surface area contributed by atoms with Gasteiger partial charge in [0.1, 0.15) is 17.7 Å². The Labute approximate surface area is 242 Å². The number of amides is 3. The van der Waals surface area contributed by atoms with E-state index in [-0.39, 0.29) is 32.5 Å². The molecule has 2 rings (SSSR count). The third-order valence-corrected chi connectivity index (χ3v) is 6.24. The smallest absolute Gasteiger partial charge is 0.408 e. The molecule has 0 aromatic heterocycles. The summed E-state index contributed by atoms with van der Waals surface area (Å²) in [6, 6.07) is 12.3. The summed E-state index contributed by atoms with van der Waals surface area (Å²) in [4.78, 5) is 53.7. The molecule has 10 heteroatoms. The third-order valence-electron chi connectivity index (χ3n) is 6.24. The van der Waals surface area contributed by atoms with Crippen molar-refractivity contribution >= 4 is 23.9 Å². The Morgan fingerprint density at radius 1 is 1.00 bits per heavy atom. The third kappa shape index (κ3) is 10.9. The van der Waals surface area contributed by atoms with Crippen molar-refractivity contribution in [3.8, 4) is 0 Å². The summed E-state index contributed by atoms with van der Waals surface area (Å²) in [6.45, 7) is 10.3. The second-order valence-corrected chi connectivity index (χ2v) is 10.7. The van der Waals surface area contributed by atoms with Crippen LogP contribution in [-0.4, -0.2) is 71.8 Å². The number of aliphatic hydroxyl groups excluding tert-OH is 1. The summed E-state index contributed by atoms with van der Waals surface area (Å²) in [5.41, 5.74) is 2.43. The first-order chi connectivity index (χ1) is 19.4. The molecule has 0 radical (unpaired) electrons. The molecule has 0 saturated carbocycles. The first-order valence-electron chi connectivity index (χ1n) is 13.8. The number of carbonyl (C=O) groups excluding carboxylic acids is 4. The lowest BCUT2D eigenvalue weighted by Crippen LogP contribution is -2.54. The van der Waals surface area contributed by atoms with Gasteiger partial charge in [-0.05, 0) is 63.8 Å². The van der Waals surface area contributed by atoms with E-state index in [9.17, 15) is 24.3 Å². The molecule has 2 atom stereocenters. The van der Waals surface area contributed by atoms with Gasteiger partial charge in [-0.25, -0.2) is 4.79 Å². The molecule has 224 valence electrons. The van der Waals surface area contributed by atoms with Crippen LogP contribution in [0.4, 0.5) is 4.79 Å². The topological polar surface area (TPSA) is 134 Å². The minimum absolute atomic E-state index is 0.00374. The number of esters is 1. The Morgan fingerprint density at radius 3 is 2.27 bits per heavy atom. The number of nitrogens with one attached hydrogen (secondary N) is 2. The average Bonchev–Trinajstić information content (AvgIpc) is 2.89. The van der Waals surface area contributed by atoms with E-state index in [1.165, 1.54) is 4.90 Å². The molecule has 0 saturated heterocycles. The van der Waals surface area contributed by atoms with Crippen LogP contribution < -0.4 is 10.6 Å². The summed E-state index contributed by atoms with van der Waals surface area (Å²) in [5.74, 6) is -1.56. The number of nitrogens with zero attached hydrogens (tertiary/aromatic N) is 1. The van der Waals surface area contributed by atoms with Gasteiger partial charge in [0, 0.05) is 19.5 Å². The highest BCUT2D eigenvalue weighted by Gasteiger charge is 2.36. The fraction of sp³-hybridized carbons (Fsp3) is 0.484. The molecule has 0 aliphatic heterocycles. The molecule has 2 unspecified atom stereocenters. The Hall–Kier alpha value is -3.92. The fourth-order valence-electron chi connectivity index (χ4n) is 4.20. The second kappa shape index (κ2) is 15.8. The highest BCUT2D eigenvalue weighted by Crippen LogP contribution is 2.25. The lowest BCUT2D eigenvalue weighted by Gasteiger charge is -2.34. The van der Waals surface area contributed by atoms with Crippen molar-refractivity contribution in [2.45, 2.75) is 72.1 Å². The SMILES string of the molecule is CCOC(=O)CCNC(=O)C(c1ccc(C)c(C)c1)N(CCO)C(=O)C(Cc1ccccc1)NC(=O)OC(C)(C)C. The maximum absolute atomic E-state index is 14.2. The van der Waals surface area contributed by atoms with Gasteiger partial charge >= 0.3 is 12.1 Å². The summed E-state index contributed by atoms with van der Waals surface area (Å²) < 4.78 is 10.4. The molecule has 2 aromatic carbocycles. The quantitative estimate of drug-likeness (QED) is 0.315. The van der Waals surface area contributed by atoms with Crippen LogP contribution in [0.15, 0.2) is 48.5 Å². The minimum Gasteiger partial charge on any atom is -0.466 e. The van der Waals surface area contributed by atoms with Crippen LogP contribution in [0.1, 0.15) is 62.4 Å². The molecule has 10 nitrogen and oxygen atoms in total. The number of hydrogen-bond acceptors (Lipinski definition) is 7. The first-order valence-corrected chi connectivity index (χ1v) is 13.8. The van der Waals surface area contributed by atoms with Crippen molar-refractivity contribution < 1.29 is 33.8 Å². The normalized spacial score (nSPS) is 12.6. The lowest BCUT2D eigenvalue weighted by atomic mass is 9.97. The first kappa shape index (κ1) is 33.3. The molecular formula is C31H43N3O7. The number of carbonyl (C=O) groups is 4. The predicted molar refractivity (Wildman–Crippen MR) is 155 cm³/mol. The van der Waals surface area contributed by atoms with Crippen molar-refractivity contribution in [2.75, 3.05) is 26.3 Å². The predicted octanol–water partition coefficient (Wildman–Crippen LogP) is 3.37. The maximum atomic E-state index is 14.2. The van der Waals surface area contributed by atoms with E-state index < -0.39 is 48.2 Å². The maximum Gasteiger partial charge on any atom is 0.408 e. The Kier molecular flexibility index (Phi) is 12.8. The van der Waals surface area contributed by atoms with Crippen molar-refractivity contribution in [3.63, 3.8) is 0 Å². The largest absolute Gasteiger partial charge is 0.466 e. The van der Waals surface area contributed by atoms with Crippen LogP contribution >= 0.6 is 0 Å². The Balaban J connectivity index is 2.48. The van der Waals surface area contributed by atoms with E-state index in [0.717, 1.165) is 16.7 Å². The molecule has 0 heterocycles. The Morgan fingerprint density at radius 2 is 1.68 bits per heavy atom. The number of alkyl carbamates (subject to hydrolysis) is 1. The van der Waals surface area contributed by atoms with Gasteiger partial charge in [-0.2, -0.15) is 0 Å².